The van der Waals surface area contributed by atoms with E-state index >= 15 is 0 Å². The van der Waals surface area contributed by atoms with Crippen LogP contribution in [0, 0.1) is 6.92 Å². The number of amides is 1. The molecule has 4 aromatic rings. The smallest absolute Gasteiger partial charge is 0.305 e. The number of hydrogen-bond acceptors (Lipinski definition) is 3. The summed E-state index contributed by atoms with van der Waals surface area (Å²) >= 11 is 14.6. The Bertz CT molecular complexity index is 1400. The van der Waals surface area contributed by atoms with Gasteiger partial charge in [-0.15, -0.1) is 11.3 Å². The van der Waals surface area contributed by atoms with E-state index in [1.807, 2.05) is 48.5 Å². The van der Waals surface area contributed by atoms with Gasteiger partial charge in [-0.05, 0) is 71.7 Å². The first kappa shape index (κ1) is 27.2. The van der Waals surface area contributed by atoms with Crippen molar-refractivity contribution in [1.82, 2.24) is 5.32 Å². The first-order valence-electron chi connectivity index (χ1n) is 12.3. The Labute approximate surface area is 231 Å². The number of carboxylic acid groups (broad SMARTS) is 1. The predicted molar refractivity (Wildman–Crippen MR) is 154 cm³/mol. The number of aliphatic carboxylic acids is 1. The van der Waals surface area contributed by atoms with Gasteiger partial charge in [0.05, 0.1) is 16.1 Å². The summed E-state index contributed by atoms with van der Waals surface area (Å²) in [6.45, 7) is 4.45. The van der Waals surface area contributed by atoms with Crippen LogP contribution in [0.2, 0.25) is 10.0 Å². The van der Waals surface area contributed by atoms with E-state index in [0.29, 0.717) is 10.6 Å². The molecule has 0 aliphatic rings. The highest BCUT2D eigenvalue weighted by molar-refractivity contribution is 7.20. The second-order valence-electron chi connectivity index (χ2n) is 9.15. The van der Waals surface area contributed by atoms with Crippen LogP contribution in [-0.4, -0.2) is 23.5 Å². The van der Waals surface area contributed by atoms with Crippen LogP contribution < -0.4 is 5.32 Å². The first-order chi connectivity index (χ1) is 17.8. The summed E-state index contributed by atoms with van der Waals surface area (Å²) in [7, 11) is 0. The number of rotatable bonds is 10. The zero-order valence-corrected chi connectivity index (χ0v) is 23.1. The topological polar surface area (TPSA) is 66.4 Å². The highest BCUT2D eigenvalue weighted by Crippen LogP contribution is 2.48. The van der Waals surface area contributed by atoms with E-state index in [-0.39, 0.29) is 30.7 Å². The molecule has 192 valence electrons. The Balaban J connectivity index is 1.75. The Morgan fingerprint density at radius 1 is 0.973 bits per heavy atom. The van der Waals surface area contributed by atoms with E-state index in [1.54, 1.807) is 11.3 Å². The number of thiophene rings is 1. The quantitative estimate of drug-likeness (QED) is 0.207. The minimum absolute atomic E-state index is 0.0842. The lowest BCUT2D eigenvalue weighted by atomic mass is 9.77. The van der Waals surface area contributed by atoms with Crippen molar-refractivity contribution in [3.8, 4) is 0 Å². The van der Waals surface area contributed by atoms with Crippen molar-refractivity contribution in [2.45, 2.75) is 44.9 Å². The van der Waals surface area contributed by atoms with Crippen molar-refractivity contribution in [2.75, 3.05) is 6.54 Å². The Morgan fingerprint density at radius 2 is 1.65 bits per heavy atom. The lowest BCUT2D eigenvalue weighted by molar-refractivity contribution is -0.136. The summed E-state index contributed by atoms with van der Waals surface area (Å²) in [6.07, 6.45) is 1.85. The van der Waals surface area contributed by atoms with Crippen LogP contribution in [0.25, 0.3) is 10.1 Å². The van der Waals surface area contributed by atoms with Gasteiger partial charge >= 0.3 is 5.97 Å². The molecular weight excluding hydrogens is 525 g/mol. The van der Waals surface area contributed by atoms with Crippen molar-refractivity contribution < 1.29 is 14.7 Å². The first-order valence-corrected chi connectivity index (χ1v) is 13.9. The molecule has 2 unspecified atom stereocenters. The van der Waals surface area contributed by atoms with Gasteiger partial charge in [0, 0.05) is 27.9 Å². The van der Waals surface area contributed by atoms with E-state index in [0.717, 1.165) is 28.1 Å². The largest absolute Gasteiger partial charge is 0.481 e. The number of benzene rings is 3. The van der Waals surface area contributed by atoms with Gasteiger partial charge in [0.15, 0.2) is 0 Å². The summed E-state index contributed by atoms with van der Waals surface area (Å²) in [5, 5.41) is 14.1. The normalized spacial score (nSPS) is 12.9. The number of carbonyl (C=O) groups is 2. The second-order valence-corrected chi connectivity index (χ2v) is 11.0. The van der Waals surface area contributed by atoms with Crippen molar-refractivity contribution in [2.24, 2.45) is 0 Å². The molecule has 1 heterocycles. The van der Waals surface area contributed by atoms with Crippen LogP contribution in [0.4, 0.5) is 0 Å². The molecule has 0 bridgehead atoms. The predicted octanol–water partition coefficient (Wildman–Crippen LogP) is 8.44. The Kier molecular flexibility index (Phi) is 8.91. The zero-order chi connectivity index (χ0) is 26.5. The Hall–Kier alpha value is -2.86. The molecule has 0 saturated heterocycles. The van der Waals surface area contributed by atoms with Gasteiger partial charge in [-0.1, -0.05) is 72.9 Å². The standard InChI is InChI=1S/C30H29Cl2NO3S/c1-3-5-24(19-8-10-21(11-9-19)30(36)33-17-16-26(34)35)27(20-12-14-22(31)15-13-20)28-18(2)23-6-4-7-25(32)29(23)37-28/h4,6-15,24,27H,3,5,16-17H2,1-2H3,(H,33,36)(H,34,35). The van der Waals surface area contributed by atoms with Gasteiger partial charge in [-0.3, -0.25) is 9.59 Å². The molecule has 4 rings (SSSR count). The maximum absolute atomic E-state index is 12.5. The lowest BCUT2D eigenvalue weighted by Gasteiger charge is -2.28. The fourth-order valence-corrected chi connectivity index (χ4v) is 6.69. The van der Waals surface area contributed by atoms with Crippen molar-refractivity contribution >= 4 is 56.5 Å². The van der Waals surface area contributed by atoms with Crippen LogP contribution >= 0.6 is 34.5 Å². The molecular formula is C30H29Cl2NO3S. The summed E-state index contributed by atoms with van der Waals surface area (Å²) in [5.74, 6) is -0.963. The van der Waals surface area contributed by atoms with E-state index in [2.05, 4.69) is 37.4 Å². The average molecular weight is 555 g/mol. The highest BCUT2D eigenvalue weighted by Gasteiger charge is 2.30. The molecule has 37 heavy (non-hydrogen) atoms. The molecule has 3 aromatic carbocycles. The van der Waals surface area contributed by atoms with Gasteiger partial charge < -0.3 is 10.4 Å². The summed E-state index contributed by atoms with van der Waals surface area (Å²) in [6, 6.07) is 21.8. The number of hydrogen-bond donors (Lipinski definition) is 2. The van der Waals surface area contributed by atoms with Crippen molar-refractivity contribution in [1.29, 1.82) is 0 Å². The zero-order valence-electron chi connectivity index (χ0n) is 20.8. The van der Waals surface area contributed by atoms with Crippen LogP contribution in [0.1, 0.15) is 69.9 Å². The maximum Gasteiger partial charge on any atom is 0.305 e. The molecule has 1 amide bonds. The van der Waals surface area contributed by atoms with E-state index in [4.69, 9.17) is 28.3 Å². The highest BCUT2D eigenvalue weighted by atomic mass is 35.5. The Morgan fingerprint density at radius 3 is 2.27 bits per heavy atom. The third kappa shape index (κ3) is 6.18. The maximum atomic E-state index is 12.5. The lowest BCUT2D eigenvalue weighted by Crippen LogP contribution is -2.26. The van der Waals surface area contributed by atoms with Crippen LogP contribution in [-0.2, 0) is 4.79 Å². The number of nitrogens with one attached hydrogen (secondary N) is 1. The van der Waals surface area contributed by atoms with Gasteiger partial charge in [0.2, 0.25) is 0 Å². The van der Waals surface area contributed by atoms with Crippen molar-refractivity contribution in [3.63, 3.8) is 0 Å². The molecule has 7 heteroatoms. The number of carbonyl (C=O) groups excluding carboxylic acids is 1. The second kappa shape index (κ2) is 12.1. The van der Waals surface area contributed by atoms with Gasteiger partial charge in [0.1, 0.15) is 0 Å². The molecule has 0 aliphatic carbocycles. The van der Waals surface area contributed by atoms with Crippen molar-refractivity contribution in [3.05, 3.63) is 104 Å². The van der Waals surface area contributed by atoms with Crippen LogP contribution in [0.15, 0.2) is 66.7 Å². The molecule has 0 aliphatic heterocycles. The van der Waals surface area contributed by atoms with E-state index in [9.17, 15) is 9.59 Å². The van der Waals surface area contributed by atoms with Gasteiger partial charge in [-0.25, -0.2) is 0 Å². The summed E-state index contributed by atoms with van der Waals surface area (Å²) in [4.78, 5) is 24.5. The fraction of sp³-hybridized carbons (Fsp3) is 0.267. The molecule has 0 radical (unpaired) electrons. The molecule has 0 saturated carbocycles. The van der Waals surface area contributed by atoms with E-state index in [1.165, 1.54) is 21.4 Å². The molecule has 1 aromatic heterocycles. The summed E-state index contributed by atoms with van der Waals surface area (Å²) in [5.41, 5.74) is 4.08. The molecule has 2 N–H and O–H groups in total. The minimum Gasteiger partial charge on any atom is -0.481 e. The van der Waals surface area contributed by atoms with Crippen LogP contribution in [0.5, 0.6) is 0 Å². The van der Waals surface area contributed by atoms with E-state index < -0.39 is 5.97 Å². The third-order valence-corrected chi connectivity index (χ3v) is 8.79. The van der Waals surface area contributed by atoms with Gasteiger partial charge in [-0.2, -0.15) is 0 Å². The number of aryl methyl sites for hydroxylation is 1. The number of halogens is 2. The minimum atomic E-state index is -0.941. The molecule has 0 fully saturated rings. The summed E-state index contributed by atoms with van der Waals surface area (Å²) < 4.78 is 1.10. The SMILES string of the molecule is CCCC(c1ccc(C(=O)NCCC(=O)O)cc1)C(c1ccc(Cl)cc1)c1sc2c(Cl)cccc2c1C. The van der Waals surface area contributed by atoms with Crippen LogP contribution in [0.3, 0.4) is 0 Å². The molecule has 2 atom stereocenters. The molecule has 0 spiro atoms. The fourth-order valence-electron chi connectivity index (χ4n) is 4.86. The molecule has 4 nitrogen and oxygen atoms in total. The number of fused-ring (bicyclic) bond motifs is 1. The third-order valence-electron chi connectivity index (χ3n) is 6.69. The van der Waals surface area contributed by atoms with Gasteiger partial charge in [0.25, 0.3) is 5.91 Å². The monoisotopic (exact) mass is 553 g/mol. The number of carboxylic acids is 1. The average Bonchev–Trinajstić information content (AvgIpc) is 3.22.